The number of nitrogens with one attached hydrogen (secondary N) is 1. The predicted octanol–water partition coefficient (Wildman–Crippen LogP) is 3.91. The topological polar surface area (TPSA) is 88.7 Å². The van der Waals surface area contributed by atoms with Crippen LogP contribution in [-0.2, 0) is 4.79 Å². The Balaban J connectivity index is 2.19. The molecule has 0 saturated carbocycles. The zero-order valence-electron chi connectivity index (χ0n) is 14.6. The molecule has 0 atom stereocenters. The molecule has 6 nitrogen and oxygen atoms in total. The lowest BCUT2D eigenvalue weighted by molar-refractivity contribution is -0.118. The van der Waals surface area contributed by atoms with Crippen LogP contribution in [0, 0.1) is 0 Å². The van der Waals surface area contributed by atoms with Gasteiger partial charge >= 0.3 is 0 Å². The first-order valence-electron chi connectivity index (χ1n) is 8.04. The number of fused-ring (bicyclic) bond motifs is 1. The third-order valence-electron chi connectivity index (χ3n) is 3.75. The number of benzene rings is 2. The third-order valence-corrected chi connectivity index (χ3v) is 4.24. The highest BCUT2D eigenvalue weighted by Crippen LogP contribution is 2.20. The first-order chi connectivity index (χ1) is 12.8. The number of hydrogen-bond donors (Lipinski definition) is 1. The summed E-state index contributed by atoms with van der Waals surface area (Å²) in [6.07, 6.45) is 0. The first kappa shape index (κ1) is 18.7. The van der Waals surface area contributed by atoms with E-state index in [0.717, 1.165) is 4.47 Å². The predicted molar refractivity (Wildman–Crippen MR) is 104 cm³/mol. The fraction of sp³-hybridized carbons (Fsp3) is 0.100. The van der Waals surface area contributed by atoms with Crippen molar-refractivity contribution >= 4 is 50.2 Å². The molecule has 0 spiro atoms. The minimum atomic E-state index is -0.604. The van der Waals surface area contributed by atoms with Gasteiger partial charge in [-0.25, -0.2) is 4.99 Å². The summed E-state index contributed by atoms with van der Waals surface area (Å²) < 4.78 is 6.63. The standard InChI is InChI=1S/C20H15BrN2O4/c1-11(24)13-3-6-16(7-4-13)23-20-17(19(26)22-12(2)25)10-14-9-15(21)5-8-18(14)27-20/h3-10H,1-2H3,(H,22,25,26). The highest BCUT2D eigenvalue weighted by Gasteiger charge is 2.14. The van der Waals surface area contributed by atoms with Crippen LogP contribution < -0.4 is 10.9 Å². The molecule has 27 heavy (non-hydrogen) atoms. The maximum Gasteiger partial charge on any atom is 0.263 e. The Kier molecular flexibility index (Phi) is 5.32. The highest BCUT2D eigenvalue weighted by molar-refractivity contribution is 9.10. The minimum absolute atomic E-state index is 0.0518. The molecule has 7 heteroatoms. The number of Topliss-reactive ketones (excluding diaryl/α,β-unsaturated/α-hetero) is 1. The number of carbonyl (C=O) groups is 3. The Hall–Kier alpha value is -3.06. The van der Waals surface area contributed by atoms with Crippen LogP contribution in [0.4, 0.5) is 5.69 Å². The highest BCUT2D eigenvalue weighted by atomic mass is 79.9. The van der Waals surface area contributed by atoms with Crippen molar-refractivity contribution in [2.75, 3.05) is 0 Å². The molecule has 0 fully saturated rings. The van der Waals surface area contributed by atoms with Crippen molar-refractivity contribution in [3.8, 4) is 0 Å². The molecule has 0 bridgehead atoms. The van der Waals surface area contributed by atoms with Crippen molar-refractivity contribution < 1.29 is 18.8 Å². The van der Waals surface area contributed by atoms with Gasteiger partial charge in [-0.05, 0) is 55.5 Å². The lowest BCUT2D eigenvalue weighted by Gasteiger charge is -2.05. The normalized spacial score (nSPS) is 11.4. The zero-order chi connectivity index (χ0) is 19.6. The molecule has 2 aromatic carbocycles. The van der Waals surface area contributed by atoms with Crippen molar-refractivity contribution in [3.63, 3.8) is 0 Å². The summed E-state index contributed by atoms with van der Waals surface area (Å²) in [5.41, 5.74) is 1.81. The number of rotatable bonds is 3. The molecule has 136 valence electrons. The summed E-state index contributed by atoms with van der Waals surface area (Å²) in [5, 5.41) is 2.92. The van der Waals surface area contributed by atoms with Gasteiger partial charge in [-0.15, -0.1) is 0 Å². The average molecular weight is 427 g/mol. The van der Waals surface area contributed by atoms with Crippen LogP contribution in [0.15, 0.2) is 62.4 Å². The van der Waals surface area contributed by atoms with Crippen molar-refractivity contribution in [1.29, 1.82) is 0 Å². The second-order valence-corrected chi connectivity index (χ2v) is 6.79. The van der Waals surface area contributed by atoms with Crippen LogP contribution in [0.3, 0.4) is 0 Å². The molecular weight excluding hydrogens is 412 g/mol. The van der Waals surface area contributed by atoms with E-state index in [2.05, 4.69) is 26.2 Å². The van der Waals surface area contributed by atoms with Gasteiger partial charge in [-0.3, -0.25) is 19.7 Å². The summed E-state index contributed by atoms with van der Waals surface area (Å²) in [6.45, 7) is 2.73. The molecule has 0 aliphatic heterocycles. The van der Waals surface area contributed by atoms with Crippen LogP contribution >= 0.6 is 15.9 Å². The maximum absolute atomic E-state index is 12.4. The van der Waals surface area contributed by atoms with Crippen LogP contribution in [0.25, 0.3) is 11.0 Å². The molecular formula is C20H15BrN2O4. The van der Waals surface area contributed by atoms with Gasteiger partial charge in [-0.2, -0.15) is 0 Å². The van der Waals surface area contributed by atoms with E-state index in [1.54, 1.807) is 42.5 Å². The SMILES string of the molecule is CC(=O)NC(=O)c1cc2cc(Br)ccc2oc1=Nc1ccc(C(C)=O)cc1. The molecule has 0 unspecified atom stereocenters. The summed E-state index contributed by atoms with van der Waals surface area (Å²) in [6, 6.07) is 13.6. The molecule has 1 heterocycles. The van der Waals surface area contributed by atoms with Gasteiger partial charge in [0.2, 0.25) is 11.5 Å². The molecule has 0 aliphatic carbocycles. The Morgan fingerprint density at radius 2 is 1.70 bits per heavy atom. The van der Waals surface area contributed by atoms with Gasteiger partial charge in [0.25, 0.3) is 5.91 Å². The van der Waals surface area contributed by atoms with Gasteiger partial charge < -0.3 is 4.42 Å². The number of hydrogen-bond acceptors (Lipinski definition) is 5. The van der Waals surface area contributed by atoms with Crippen LogP contribution in [0.5, 0.6) is 0 Å². The third kappa shape index (κ3) is 4.38. The Labute approximate surface area is 163 Å². The number of amides is 2. The fourth-order valence-electron chi connectivity index (χ4n) is 2.46. The molecule has 3 rings (SSSR count). The van der Waals surface area contributed by atoms with Crippen LogP contribution in [-0.4, -0.2) is 17.6 Å². The second-order valence-electron chi connectivity index (χ2n) is 5.87. The summed E-state index contributed by atoms with van der Waals surface area (Å²) in [7, 11) is 0. The lowest BCUT2D eigenvalue weighted by atomic mass is 10.1. The van der Waals surface area contributed by atoms with Crippen molar-refractivity contribution in [1.82, 2.24) is 5.32 Å². The lowest BCUT2D eigenvalue weighted by Crippen LogP contribution is -2.32. The van der Waals surface area contributed by atoms with E-state index in [0.29, 0.717) is 22.2 Å². The number of carbonyl (C=O) groups excluding carboxylic acids is 3. The van der Waals surface area contributed by atoms with Crippen molar-refractivity contribution in [2.45, 2.75) is 13.8 Å². The quantitative estimate of drug-likeness (QED) is 0.642. The van der Waals surface area contributed by atoms with E-state index in [9.17, 15) is 14.4 Å². The number of halogens is 1. The Morgan fingerprint density at radius 3 is 2.33 bits per heavy atom. The van der Waals surface area contributed by atoms with Crippen LogP contribution in [0.2, 0.25) is 0 Å². The van der Waals surface area contributed by atoms with E-state index in [4.69, 9.17) is 4.42 Å². The molecule has 1 N–H and O–H groups in total. The van der Waals surface area contributed by atoms with Gasteiger partial charge in [0.1, 0.15) is 11.1 Å². The number of ketones is 1. The molecule has 0 saturated heterocycles. The first-order valence-corrected chi connectivity index (χ1v) is 8.84. The van der Waals surface area contributed by atoms with E-state index in [1.165, 1.54) is 13.8 Å². The van der Waals surface area contributed by atoms with Gasteiger partial charge in [-0.1, -0.05) is 15.9 Å². The fourth-order valence-corrected chi connectivity index (χ4v) is 2.84. The largest absolute Gasteiger partial charge is 0.438 e. The van der Waals surface area contributed by atoms with E-state index >= 15 is 0 Å². The Morgan fingerprint density at radius 1 is 1.00 bits per heavy atom. The summed E-state index contributed by atoms with van der Waals surface area (Å²) in [5.74, 6) is -1.14. The van der Waals surface area contributed by atoms with Crippen molar-refractivity contribution in [2.24, 2.45) is 4.99 Å². The van der Waals surface area contributed by atoms with Gasteiger partial charge in [0.05, 0.1) is 5.69 Å². The molecule has 0 aliphatic rings. The van der Waals surface area contributed by atoms with E-state index < -0.39 is 11.8 Å². The number of nitrogens with zero attached hydrogens (tertiary/aromatic N) is 1. The minimum Gasteiger partial charge on any atom is -0.438 e. The second kappa shape index (κ2) is 7.67. The molecule has 1 aromatic heterocycles. The summed E-state index contributed by atoms with van der Waals surface area (Å²) in [4.78, 5) is 39.5. The van der Waals surface area contributed by atoms with E-state index in [1.807, 2.05) is 6.07 Å². The van der Waals surface area contributed by atoms with Crippen molar-refractivity contribution in [3.05, 3.63) is 69.7 Å². The molecule has 0 radical (unpaired) electrons. The van der Waals surface area contributed by atoms with Crippen LogP contribution in [0.1, 0.15) is 34.6 Å². The maximum atomic E-state index is 12.4. The Bertz CT molecular complexity index is 1130. The molecule has 3 aromatic rings. The average Bonchev–Trinajstić information content (AvgIpc) is 2.61. The zero-order valence-corrected chi connectivity index (χ0v) is 16.2. The molecule has 2 amide bonds. The smallest absolute Gasteiger partial charge is 0.263 e. The monoisotopic (exact) mass is 426 g/mol. The van der Waals surface area contributed by atoms with Gasteiger partial charge in [0, 0.05) is 22.3 Å². The van der Waals surface area contributed by atoms with E-state index in [-0.39, 0.29) is 16.9 Å². The number of imide groups is 1. The van der Waals surface area contributed by atoms with Gasteiger partial charge in [0.15, 0.2) is 5.78 Å². The summed E-state index contributed by atoms with van der Waals surface area (Å²) >= 11 is 3.38.